The number of aliphatic hydroxyl groups excluding tert-OH is 12. The van der Waals surface area contributed by atoms with E-state index < -0.39 is 98.4 Å². The van der Waals surface area contributed by atoms with Crippen molar-refractivity contribution in [2.24, 2.45) is 0 Å². The topological polar surface area (TPSA) is 312 Å². The summed E-state index contributed by atoms with van der Waals surface area (Å²) in [5, 5.41) is 114. The Balaban J connectivity index is 5.66. The Morgan fingerprint density at radius 2 is 1.03 bits per heavy atom. The third-order valence-electron chi connectivity index (χ3n) is 4.79. The monoisotopic (exact) mass is 520 g/mol. The number of hydrogen-bond acceptors (Lipinski definition) is 17. The molecule has 0 unspecified atom stereocenters. The lowest BCUT2D eigenvalue weighted by Crippen LogP contribution is -2.54. The SMILES string of the molecule is C[C@H](O)[C@@H](O)[C@@H](OC(=O)[C@H](O)[C@@H](O)[C@H](O)[C@H](O)CO)[C@@H](C=O)OC(=O)[C@H](O)[C@@H](O)[C@H](O)[C@H](O)CO. The first-order valence-corrected chi connectivity index (χ1v) is 10.0. The van der Waals surface area contributed by atoms with E-state index >= 15 is 0 Å². The number of rotatable bonds is 16. The van der Waals surface area contributed by atoms with E-state index in [0.29, 0.717) is 0 Å². The number of hydrogen-bond donors (Lipinski definition) is 12. The summed E-state index contributed by atoms with van der Waals surface area (Å²) in [6.07, 6.45) is -27.6. The van der Waals surface area contributed by atoms with Crippen molar-refractivity contribution in [3.05, 3.63) is 0 Å². The minimum absolute atomic E-state index is 0.257. The molecule has 0 saturated carbocycles. The highest BCUT2D eigenvalue weighted by molar-refractivity contribution is 5.78. The lowest BCUT2D eigenvalue weighted by Gasteiger charge is -2.31. The zero-order valence-electron chi connectivity index (χ0n) is 18.3. The molecule has 0 aliphatic carbocycles. The van der Waals surface area contributed by atoms with Gasteiger partial charge in [0.2, 0.25) is 0 Å². The van der Waals surface area contributed by atoms with E-state index in [0.717, 1.165) is 6.92 Å². The van der Waals surface area contributed by atoms with Gasteiger partial charge in [0.1, 0.15) is 42.7 Å². The number of carbonyl (C=O) groups excluding carboxylic acids is 3. The van der Waals surface area contributed by atoms with E-state index in [-0.39, 0.29) is 6.29 Å². The maximum Gasteiger partial charge on any atom is 0.338 e. The Labute approximate surface area is 197 Å². The molecule has 35 heavy (non-hydrogen) atoms. The first kappa shape index (κ1) is 33.1. The van der Waals surface area contributed by atoms with E-state index in [1.165, 1.54) is 0 Å². The minimum Gasteiger partial charge on any atom is -0.453 e. The smallest absolute Gasteiger partial charge is 0.338 e. The molecule has 17 heteroatoms. The average molecular weight is 520 g/mol. The normalized spacial score (nSPS) is 22.2. The molecule has 12 atom stereocenters. The third-order valence-corrected chi connectivity index (χ3v) is 4.79. The molecule has 0 aromatic carbocycles. The van der Waals surface area contributed by atoms with Crippen LogP contribution in [0.2, 0.25) is 0 Å². The molecule has 0 aliphatic heterocycles. The largest absolute Gasteiger partial charge is 0.453 e. The number of carbonyl (C=O) groups is 3. The maximum atomic E-state index is 12.2. The van der Waals surface area contributed by atoms with Gasteiger partial charge in [0.05, 0.1) is 19.3 Å². The molecule has 0 aromatic heterocycles. The Bertz CT molecular complexity index is 659. The zero-order valence-corrected chi connectivity index (χ0v) is 18.3. The number of ether oxygens (including phenoxy) is 2. The average Bonchev–Trinajstić information content (AvgIpc) is 2.85. The zero-order chi connectivity index (χ0) is 27.6. The van der Waals surface area contributed by atoms with Gasteiger partial charge in [-0.15, -0.1) is 0 Å². The van der Waals surface area contributed by atoms with Crippen molar-refractivity contribution in [1.82, 2.24) is 0 Å². The molecule has 0 spiro atoms. The first-order chi connectivity index (χ1) is 16.2. The van der Waals surface area contributed by atoms with E-state index in [1.807, 2.05) is 0 Å². The molecule has 12 N–H and O–H groups in total. The van der Waals surface area contributed by atoms with Crippen molar-refractivity contribution in [1.29, 1.82) is 0 Å². The van der Waals surface area contributed by atoms with Crippen molar-refractivity contribution >= 4 is 18.2 Å². The fourth-order valence-corrected chi connectivity index (χ4v) is 2.51. The fraction of sp³-hybridized carbons (Fsp3) is 0.833. The van der Waals surface area contributed by atoms with Gasteiger partial charge in [-0.25, -0.2) is 9.59 Å². The fourth-order valence-electron chi connectivity index (χ4n) is 2.51. The molecule has 0 aromatic rings. The van der Waals surface area contributed by atoms with E-state index in [4.69, 9.17) is 10.2 Å². The molecule has 17 nitrogen and oxygen atoms in total. The lowest BCUT2D eigenvalue weighted by atomic mass is 10.0. The standard InChI is InChI=1S/C18H32O17/c1-5(22)9(25)16(35-18(33)15(31)13(29)11(27)7(24)3-20)8(4-21)34-17(32)14(30)12(28)10(26)6(23)2-19/h4-16,19-20,22-31H,2-3H2,1H3/t5-,6+,7+,8+,9+,10+,11+,12-,13-,14+,15+,16-/m0/s1. The molecule has 0 aliphatic rings. The van der Waals surface area contributed by atoms with Crippen LogP contribution in [-0.2, 0) is 23.9 Å². The molecule has 206 valence electrons. The summed E-state index contributed by atoms with van der Waals surface area (Å²) in [4.78, 5) is 35.7. The first-order valence-electron chi connectivity index (χ1n) is 10.0. The summed E-state index contributed by atoms with van der Waals surface area (Å²) >= 11 is 0. The lowest BCUT2D eigenvalue weighted by molar-refractivity contribution is -0.201. The van der Waals surface area contributed by atoms with Crippen LogP contribution in [0.4, 0.5) is 0 Å². The predicted molar refractivity (Wildman–Crippen MR) is 106 cm³/mol. The predicted octanol–water partition coefficient (Wildman–Crippen LogP) is -8.38. The van der Waals surface area contributed by atoms with Gasteiger partial charge in [-0.3, -0.25) is 4.79 Å². The van der Waals surface area contributed by atoms with Crippen LogP contribution in [0.5, 0.6) is 0 Å². The van der Waals surface area contributed by atoms with Gasteiger partial charge < -0.3 is 70.8 Å². The van der Waals surface area contributed by atoms with Crippen molar-refractivity contribution in [2.45, 2.75) is 80.2 Å². The van der Waals surface area contributed by atoms with Crippen LogP contribution in [0, 0.1) is 0 Å². The van der Waals surface area contributed by atoms with Crippen LogP contribution in [0.3, 0.4) is 0 Å². The van der Waals surface area contributed by atoms with E-state index in [9.17, 15) is 65.4 Å². The number of aliphatic hydroxyl groups is 12. The Hall–Kier alpha value is -1.87. The Morgan fingerprint density at radius 1 is 0.657 bits per heavy atom. The summed E-state index contributed by atoms with van der Waals surface area (Å²) in [5.41, 5.74) is 0. The van der Waals surface area contributed by atoms with Crippen LogP contribution in [-0.4, -0.2) is 166 Å². The summed E-state index contributed by atoms with van der Waals surface area (Å²) in [5.74, 6) is -3.73. The maximum absolute atomic E-state index is 12.2. The highest BCUT2D eigenvalue weighted by atomic mass is 16.6. The van der Waals surface area contributed by atoms with Crippen LogP contribution in [0.15, 0.2) is 0 Å². The van der Waals surface area contributed by atoms with Gasteiger partial charge in [0, 0.05) is 0 Å². The van der Waals surface area contributed by atoms with Gasteiger partial charge in [0.15, 0.2) is 30.7 Å². The molecule has 0 heterocycles. The van der Waals surface area contributed by atoms with Gasteiger partial charge in [-0.2, -0.15) is 0 Å². The Kier molecular flexibility index (Phi) is 14.5. The van der Waals surface area contributed by atoms with E-state index in [1.54, 1.807) is 0 Å². The van der Waals surface area contributed by atoms with Crippen molar-refractivity contribution < 1.29 is 85.1 Å². The van der Waals surface area contributed by atoms with Crippen molar-refractivity contribution in [3.8, 4) is 0 Å². The molecular weight excluding hydrogens is 488 g/mol. The van der Waals surface area contributed by atoms with Crippen molar-refractivity contribution in [3.63, 3.8) is 0 Å². The van der Waals surface area contributed by atoms with Gasteiger partial charge in [0.25, 0.3) is 0 Å². The molecular formula is C18H32O17. The van der Waals surface area contributed by atoms with Crippen LogP contribution >= 0.6 is 0 Å². The summed E-state index contributed by atoms with van der Waals surface area (Å²) < 4.78 is 9.16. The molecule has 0 amide bonds. The highest BCUT2D eigenvalue weighted by Crippen LogP contribution is 2.17. The van der Waals surface area contributed by atoms with Crippen LogP contribution < -0.4 is 0 Å². The summed E-state index contributed by atoms with van der Waals surface area (Å²) in [7, 11) is 0. The molecule has 0 fully saturated rings. The van der Waals surface area contributed by atoms with Crippen molar-refractivity contribution in [2.75, 3.05) is 13.2 Å². The third kappa shape index (κ3) is 9.26. The number of aldehydes is 1. The van der Waals surface area contributed by atoms with Gasteiger partial charge in [-0.1, -0.05) is 0 Å². The number of esters is 2. The van der Waals surface area contributed by atoms with Crippen LogP contribution in [0.1, 0.15) is 6.92 Å². The minimum atomic E-state index is -2.65. The van der Waals surface area contributed by atoms with Gasteiger partial charge in [-0.05, 0) is 6.92 Å². The molecule has 0 radical (unpaired) electrons. The Morgan fingerprint density at radius 3 is 1.34 bits per heavy atom. The summed E-state index contributed by atoms with van der Waals surface area (Å²) in [6, 6.07) is 0. The van der Waals surface area contributed by atoms with Gasteiger partial charge >= 0.3 is 11.9 Å². The molecule has 0 rings (SSSR count). The quantitative estimate of drug-likeness (QED) is 0.0663. The molecule has 0 bridgehead atoms. The summed E-state index contributed by atoms with van der Waals surface area (Å²) in [6.45, 7) is -1.22. The molecule has 0 saturated heterocycles. The second-order valence-corrected chi connectivity index (χ2v) is 7.52. The van der Waals surface area contributed by atoms with E-state index in [2.05, 4.69) is 9.47 Å². The highest BCUT2D eigenvalue weighted by Gasteiger charge is 2.43. The second kappa shape index (κ2) is 15.3. The van der Waals surface area contributed by atoms with Crippen LogP contribution in [0.25, 0.3) is 0 Å². The second-order valence-electron chi connectivity index (χ2n) is 7.52.